The van der Waals surface area contributed by atoms with Gasteiger partial charge in [-0.1, -0.05) is 6.07 Å². The minimum atomic E-state index is 0.636. The van der Waals surface area contributed by atoms with Gasteiger partial charge in [-0.15, -0.1) is 0 Å². The first-order valence-electron chi connectivity index (χ1n) is 6.22. The molecule has 1 aliphatic carbocycles. The van der Waals surface area contributed by atoms with E-state index in [1.165, 1.54) is 18.4 Å². The van der Waals surface area contributed by atoms with Crippen molar-refractivity contribution >= 4 is 27.6 Å². The molecule has 1 heterocycles. The molecule has 3 nitrogen and oxygen atoms in total. The van der Waals surface area contributed by atoms with Crippen molar-refractivity contribution in [1.29, 1.82) is 0 Å². The molecule has 0 bridgehead atoms. The van der Waals surface area contributed by atoms with Gasteiger partial charge < -0.3 is 9.88 Å². The number of benzene rings is 1. The molecule has 0 aliphatic heterocycles. The number of imidazole rings is 1. The molecule has 1 aromatic carbocycles. The van der Waals surface area contributed by atoms with Gasteiger partial charge in [-0.25, -0.2) is 4.98 Å². The van der Waals surface area contributed by atoms with Crippen molar-refractivity contribution in [3.05, 3.63) is 40.1 Å². The van der Waals surface area contributed by atoms with E-state index in [9.17, 15) is 0 Å². The fourth-order valence-corrected chi connectivity index (χ4v) is 2.44. The van der Waals surface area contributed by atoms with Crippen LogP contribution in [-0.2, 0) is 0 Å². The third-order valence-electron chi connectivity index (χ3n) is 3.16. The molecule has 1 N–H and O–H groups in total. The van der Waals surface area contributed by atoms with Crippen LogP contribution < -0.4 is 5.32 Å². The highest BCUT2D eigenvalue weighted by molar-refractivity contribution is 9.10. The molecule has 0 radical (unpaired) electrons. The molecule has 1 fully saturated rings. The zero-order chi connectivity index (χ0) is 12.7. The zero-order valence-corrected chi connectivity index (χ0v) is 12.2. The van der Waals surface area contributed by atoms with Crippen molar-refractivity contribution in [2.24, 2.45) is 0 Å². The lowest BCUT2D eigenvalue weighted by molar-refractivity contribution is 0.750. The first-order chi connectivity index (χ1) is 8.63. The van der Waals surface area contributed by atoms with E-state index in [4.69, 9.17) is 0 Å². The van der Waals surface area contributed by atoms with Gasteiger partial charge in [-0.2, -0.15) is 0 Å². The van der Waals surface area contributed by atoms with E-state index >= 15 is 0 Å². The summed E-state index contributed by atoms with van der Waals surface area (Å²) in [6.07, 6.45) is 4.66. The molecule has 18 heavy (non-hydrogen) atoms. The van der Waals surface area contributed by atoms with Crippen molar-refractivity contribution in [2.75, 3.05) is 5.32 Å². The number of hydrogen-bond acceptors (Lipinski definition) is 2. The SMILES string of the molecule is Cc1ccc(Br)c(Nc2nc(C)cn2C2CC2)c1. The molecule has 94 valence electrons. The Labute approximate surface area is 115 Å². The molecule has 3 rings (SSSR count). The number of halogens is 1. The minimum Gasteiger partial charge on any atom is -0.325 e. The Kier molecular flexibility index (Phi) is 2.90. The lowest BCUT2D eigenvalue weighted by Crippen LogP contribution is -2.01. The van der Waals surface area contributed by atoms with Crippen LogP contribution in [0.25, 0.3) is 0 Å². The summed E-state index contributed by atoms with van der Waals surface area (Å²) in [5.41, 5.74) is 3.37. The predicted molar refractivity (Wildman–Crippen MR) is 77.4 cm³/mol. The van der Waals surface area contributed by atoms with Gasteiger partial charge in [0.1, 0.15) is 0 Å². The number of nitrogens with zero attached hydrogens (tertiary/aromatic N) is 2. The summed E-state index contributed by atoms with van der Waals surface area (Å²) in [5, 5.41) is 3.43. The molecule has 2 aromatic rings. The van der Waals surface area contributed by atoms with Gasteiger partial charge in [0.05, 0.1) is 11.4 Å². The summed E-state index contributed by atoms with van der Waals surface area (Å²) in [5.74, 6) is 0.946. The summed E-state index contributed by atoms with van der Waals surface area (Å²) in [6.45, 7) is 4.13. The number of aromatic nitrogens is 2. The topological polar surface area (TPSA) is 29.9 Å². The van der Waals surface area contributed by atoms with Crippen LogP contribution >= 0.6 is 15.9 Å². The summed E-state index contributed by atoms with van der Waals surface area (Å²) >= 11 is 3.57. The number of nitrogens with one attached hydrogen (secondary N) is 1. The fraction of sp³-hybridized carbons (Fsp3) is 0.357. The van der Waals surface area contributed by atoms with Crippen LogP contribution in [-0.4, -0.2) is 9.55 Å². The van der Waals surface area contributed by atoms with Crippen molar-refractivity contribution in [2.45, 2.75) is 32.7 Å². The molecule has 1 saturated carbocycles. The fourth-order valence-electron chi connectivity index (χ4n) is 2.09. The Morgan fingerprint density at radius 2 is 2.11 bits per heavy atom. The van der Waals surface area contributed by atoms with E-state index in [0.717, 1.165) is 21.8 Å². The quantitative estimate of drug-likeness (QED) is 0.914. The van der Waals surface area contributed by atoms with Crippen LogP contribution in [0.3, 0.4) is 0 Å². The second kappa shape index (κ2) is 4.43. The van der Waals surface area contributed by atoms with Crippen molar-refractivity contribution in [3.63, 3.8) is 0 Å². The summed E-state index contributed by atoms with van der Waals surface area (Å²) < 4.78 is 3.32. The molecule has 0 atom stereocenters. The average molecular weight is 306 g/mol. The predicted octanol–water partition coefficient (Wildman–Crippen LogP) is 4.34. The molecule has 1 aliphatic rings. The zero-order valence-electron chi connectivity index (χ0n) is 10.6. The first-order valence-corrected chi connectivity index (χ1v) is 7.01. The van der Waals surface area contributed by atoms with E-state index in [1.807, 2.05) is 6.92 Å². The molecule has 0 amide bonds. The van der Waals surface area contributed by atoms with E-state index < -0.39 is 0 Å². The van der Waals surface area contributed by atoms with Gasteiger partial charge in [-0.05, 0) is 60.3 Å². The smallest absolute Gasteiger partial charge is 0.207 e. The second-order valence-corrected chi connectivity index (χ2v) is 5.81. The van der Waals surface area contributed by atoms with E-state index in [2.05, 4.69) is 62.1 Å². The highest BCUT2D eigenvalue weighted by Crippen LogP contribution is 2.38. The van der Waals surface area contributed by atoms with Crippen LogP contribution in [0.2, 0.25) is 0 Å². The molecular weight excluding hydrogens is 290 g/mol. The lowest BCUT2D eigenvalue weighted by atomic mass is 10.2. The second-order valence-electron chi connectivity index (χ2n) is 4.95. The third kappa shape index (κ3) is 2.29. The van der Waals surface area contributed by atoms with E-state index in [0.29, 0.717) is 6.04 Å². The number of anilines is 2. The van der Waals surface area contributed by atoms with Gasteiger partial charge in [0.2, 0.25) is 5.95 Å². The number of hydrogen-bond donors (Lipinski definition) is 1. The van der Waals surface area contributed by atoms with Crippen molar-refractivity contribution in [3.8, 4) is 0 Å². The molecule has 4 heteroatoms. The largest absolute Gasteiger partial charge is 0.325 e. The van der Waals surface area contributed by atoms with Crippen molar-refractivity contribution in [1.82, 2.24) is 9.55 Å². The lowest BCUT2D eigenvalue weighted by Gasteiger charge is -2.10. The van der Waals surface area contributed by atoms with Crippen LogP contribution in [0.5, 0.6) is 0 Å². The maximum atomic E-state index is 4.57. The normalized spacial score (nSPS) is 14.8. The van der Waals surface area contributed by atoms with Gasteiger partial charge in [0.15, 0.2) is 0 Å². The third-order valence-corrected chi connectivity index (χ3v) is 3.85. The average Bonchev–Trinajstić information content (AvgIpc) is 3.09. The van der Waals surface area contributed by atoms with Gasteiger partial charge in [-0.3, -0.25) is 0 Å². The Balaban J connectivity index is 1.94. The standard InChI is InChI=1S/C14H16BrN3/c1-9-3-6-12(15)13(7-9)17-14-16-10(2)8-18(14)11-4-5-11/h3,6-8,11H,4-5H2,1-2H3,(H,16,17). The first kappa shape index (κ1) is 11.8. The molecule has 0 unspecified atom stereocenters. The summed E-state index contributed by atoms with van der Waals surface area (Å²) in [4.78, 5) is 4.57. The van der Waals surface area contributed by atoms with Crippen molar-refractivity contribution < 1.29 is 0 Å². The van der Waals surface area contributed by atoms with E-state index in [1.54, 1.807) is 0 Å². The van der Waals surface area contributed by atoms with Crippen LogP contribution in [0.4, 0.5) is 11.6 Å². The highest BCUT2D eigenvalue weighted by atomic mass is 79.9. The van der Waals surface area contributed by atoms with E-state index in [-0.39, 0.29) is 0 Å². The molecular formula is C14H16BrN3. The number of rotatable bonds is 3. The molecule has 1 aromatic heterocycles. The minimum absolute atomic E-state index is 0.636. The van der Waals surface area contributed by atoms with Crippen LogP contribution in [0.15, 0.2) is 28.9 Å². The van der Waals surface area contributed by atoms with Gasteiger partial charge >= 0.3 is 0 Å². The Morgan fingerprint density at radius 1 is 1.33 bits per heavy atom. The van der Waals surface area contributed by atoms with Gasteiger partial charge in [0.25, 0.3) is 0 Å². The Morgan fingerprint density at radius 3 is 2.83 bits per heavy atom. The maximum absolute atomic E-state index is 4.57. The maximum Gasteiger partial charge on any atom is 0.207 e. The molecule has 0 saturated heterocycles. The summed E-state index contributed by atoms with van der Waals surface area (Å²) in [7, 11) is 0. The molecule has 0 spiro atoms. The van der Waals surface area contributed by atoms with Crippen LogP contribution in [0.1, 0.15) is 30.1 Å². The Hall–Kier alpha value is -1.29. The van der Waals surface area contributed by atoms with Crippen LogP contribution in [0, 0.1) is 13.8 Å². The monoisotopic (exact) mass is 305 g/mol. The Bertz CT molecular complexity index is 585. The van der Waals surface area contributed by atoms with Gasteiger partial charge in [0, 0.05) is 16.7 Å². The summed E-state index contributed by atoms with van der Waals surface area (Å²) in [6, 6.07) is 6.92. The highest BCUT2D eigenvalue weighted by Gasteiger charge is 2.26. The number of aryl methyl sites for hydroxylation is 2.